The fourth-order valence-electron chi connectivity index (χ4n) is 5.48. The monoisotopic (exact) mass is 668 g/mol. The van der Waals surface area contributed by atoms with Gasteiger partial charge in [0.2, 0.25) is 23.6 Å². The topological polar surface area (TPSA) is 173 Å². The Labute approximate surface area is 285 Å². The van der Waals surface area contributed by atoms with Crippen LogP contribution in [0.5, 0.6) is 0 Å². The van der Waals surface area contributed by atoms with Crippen LogP contribution in [-0.4, -0.2) is 82.3 Å². The average molecular weight is 669 g/mol. The number of aliphatic hydroxyl groups excluding tert-OH is 1. The number of likely N-dealkylation sites (N-methyl/N-ethyl adjacent to an activating group) is 1. The molecule has 12 heteroatoms. The molecule has 1 heterocycles. The van der Waals surface area contributed by atoms with Crippen molar-refractivity contribution in [1.82, 2.24) is 31.2 Å². The minimum Gasteiger partial charge on any atom is -0.391 e. The van der Waals surface area contributed by atoms with Gasteiger partial charge in [-0.05, 0) is 43.0 Å². The molecule has 3 aromatic carbocycles. The molecule has 0 aliphatic heterocycles. The van der Waals surface area contributed by atoms with E-state index in [0.29, 0.717) is 6.54 Å². The molecule has 0 aliphatic rings. The van der Waals surface area contributed by atoms with Crippen LogP contribution in [-0.2, 0) is 32.1 Å². The Bertz CT molecular complexity index is 1690. The van der Waals surface area contributed by atoms with Gasteiger partial charge in [0.1, 0.15) is 23.8 Å². The summed E-state index contributed by atoms with van der Waals surface area (Å²) in [6, 6.07) is 24.8. The Morgan fingerprint density at radius 2 is 1.43 bits per heavy atom. The zero-order valence-corrected chi connectivity index (χ0v) is 27.9. The molecule has 5 amide bonds. The van der Waals surface area contributed by atoms with Crippen LogP contribution in [0.4, 0.5) is 0 Å². The molecular weight excluding hydrogens is 624 g/mol. The van der Waals surface area contributed by atoms with Gasteiger partial charge < -0.3 is 36.3 Å². The van der Waals surface area contributed by atoms with Crippen molar-refractivity contribution in [3.05, 3.63) is 108 Å². The molecule has 0 spiro atoms. The second-order valence-corrected chi connectivity index (χ2v) is 12.1. The summed E-state index contributed by atoms with van der Waals surface area (Å²) in [6.07, 6.45) is -0.525. The molecule has 4 aromatic rings. The third-order valence-electron chi connectivity index (χ3n) is 8.02. The first-order chi connectivity index (χ1) is 23.5. The van der Waals surface area contributed by atoms with E-state index in [9.17, 15) is 29.1 Å². The Balaban J connectivity index is 1.51. The van der Waals surface area contributed by atoms with Crippen LogP contribution in [0.3, 0.4) is 0 Å². The minimum atomic E-state index is -1.14. The van der Waals surface area contributed by atoms with Crippen molar-refractivity contribution in [2.24, 2.45) is 0 Å². The number of carbonyl (C=O) groups is 5. The second kappa shape index (κ2) is 17.6. The standard InChI is InChI=1S/C37H44N6O6/c1-24(44)33(39-25(2)45)36(48)38-20-12-19-30(41-35(47)31-22-28-17-10-11-18-29(28)40-31)34(46)42-32(21-26-13-6-4-7-14-26)37(49)43(3)23-27-15-8-5-9-16-27/h4-11,13-18,22,24,30,32-33,40,44H,12,19-21,23H2,1-3H3,(H,38,48)(H,39,45)(H,41,47)(H,42,46)/t24-,30?,32-,33?/m1/s1. The number of carbonyl (C=O) groups excluding carboxylic acids is 5. The molecule has 0 fully saturated rings. The van der Waals surface area contributed by atoms with E-state index in [-0.39, 0.29) is 37.4 Å². The van der Waals surface area contributed by atoms with Crippen molar-refractivity contribution in [3.8, 4) is 0 Å². The molecule has 0 saturated heterocycles. The van der Waals surface area contributed by atoms with Crippen LogP contribution in [0.25, 0.3) is 10.9 Å². The number of H-pyrrole nitrogens is 1. The predicted molar refractivity (Wildman–Crippen MR) is 186 cm³/mol. The molecule has 0 saturated carbocycles. The second-order valence-electron chi connectivity index (χ2n) is 12.1. The first-order valence-electron chi connectivity index (χ1n) is 16.3. The molecule has 6 N–H and O–H groups in total. The van der Waals surface area contributed by atoms with Crippen molar-refractivity contribution < 1.29 is 29.1 Å². The molecule has 258 valence electrons. The van der Waals surface area contributed by atoms with Gasteiger partial charge in [-0.25, -0.2) is 0 Å². The SMILES string of the molecule is CC(=O)NC(C(=O)NCCCC(NC(=O)c1cc2ccccc2[nH]1)C(=O)N[C@H](Cc1ccccc1)C(=O)N(C)Cc1ccccc1)[C@@H](C)O. The van der Waals surface area contributed by atoms with Gasteiger partial charge >= 0.3 is 0 Å². The van der Waals surface area contributed by atoms with Crippen LogP contribution in [0.15, 0.2) is 91.0 Å². The number of aromatic amines is 1. The number of rotatable bonds is 16. The molecule has 2 unspecified atom stereocenters. The highest BCUT2D eigenvalue weighted by Gasteiger charge is 2.30. The number of para-hydroxylation sites is 1. The summed E-state index contributed by atoms with van der Waals surface area (Å²) in [5.41, 5.74) is 2.81. The lowest BCUT2D eigenvalue weighted by atomic mass is 10.0. The Morgan fingerprint density at radius 3 is 2.06 bits per heavy atom. The first-order valence-corrected chi connectivity index (χ1v) is 16.3. The van der Waals surface area contributed by atoms with Gasteiger partial charge in [0, 0.05) is 44.4 Å². The summed E-state index contributed by atoms with van der Waals surface area (Å²) in [6.45, 7) is 3.08. The van der Waals surface area contributed by atoms with Gasteiger partial charge in [0.25, 0.3) is 5.91 Å². The highest BCUT2D eigenvalue weighted by molar-refractivity contribution is 6.00. The van der Waals surface area contributed by atoms with Crippen LogP contribution >= 0.6 is 0 Å². The predicted octanol–water partition coefficient (Wildman–Crippen LogP) is 2.43. The summed E-state index contributed by atoms with van der Waals surface area (Å²) in [5.74, 6) is -2.41. The van der Waals surface area contributed by atoms with E-state index in [1.54, 1.807) is 18.0 Å². The van der Waals surface area contributed by atoms with Crippen LogP contribution in [0, 0.1) is 0 Å². The van der Waals surface area contributed by atoms with Gasteiger partial charge in [-0.15, -0.1) is 0 Å². The third-order valence-corrected chi connectivity index (χ3v) is 8.02. The lowest BCUT2D eigenvalue weighted by molar-refractivity contribution is -0.136. The van der Waals surface area contributed by atoms with Crippen molar-refractivity contribution in [2.75, 3.05) is 13.6 Å². The fourth-order valence-corrected chi connectivity index (χ4v) is 5.48. The highest BCUT2D eigenvalue weighted by atomic mass is 16.3. The maximum atomic E-state index is 13.9. The van der Waals surface area contributed by atoms with Crippen molar-refractivity contribution in [3.63, 3.8) is 0 Å². The summed E-state index contributed by atoms with van der Waals surface area (Å²) in [5, 5.41) is 21.6. The van der Waals surface area contributed by atoms with Crippen LogP contribution < -0.4 is 21.3 Å². The molecule has 4 atom stereocenters. The smallest absolute Gasteiger partial charge is 0.268 e. The van der Waals surface area contributed by atoms with E-state index in [1.807, 2.05) is 84.9 Å². The van der Waals surface area contributed by atoms with Gasteiger partial charge in [0.15, 0.2) is 0 Å². The van der Waals surface area contributed by atoms with Gasteiger partial charge in [-0.1, -0.05) is 78.9 Å². The molecule has 4 rings (SSSR count). The molecule has 49 heavy (non-hydrogen) atoms. The molecule has 0 radical (unpaired) electrons. The van der Waals surface area contributed by atoms with E-state index in [0.717, 1.165) is 22.0 Å². The lowest BCUT2D eigenvalue weighted by Crippen LogP contribution is -2.55. The number of amides is 5. The lowest BCUT2D eigenvalue weighted by Gasteiger charge is -2.27. The molecule has 0 aliphatic carbocycles. The van der Waals surface area contributed by atoms with Crippen molar-refractivity contribution in [2.45, 2.75) is 63.9 Å². The summed E-state index contributed by atoms with van der Waals surface area (Å²) in [4.78, 5) is 70.0. The van der Waals surface area contributed by atoms with E-state index in [2.05, 4.69) is 26.3 Å². The first kappa shape index (κ1) is 36.3. The number of fused-ring (bicyclic) bond motifs is 1. The number of hydrogen-bond donors (Lipinski definition) is 6. The van der Waals surface area contributed by atoms with E-state index in [1.165, 1.54) is 13.8 Å². The Morgan fingerprint density at radius 1 is 0.796 bits per heavy atom. The number of hydrogen-bond acceptors (Lipinski definition) is 6. The Kier molecular flexibility index (Phi) is 13.1. The zero-order chi connectivity index (χ0) is 35.3. The number of nitrogens with one attached hydrogen (secondary N) is 5. The number of aromatic nitrogens is 1. The van der Waals surface area contributed by atoms with E-state index < -0.39 is 47.9 Å². The van der Waals surface area contributed by atoms with Gasteiger partial charge in [-0.2, -0.15) is 0 Å². The number of aliphatic hydroxyl groups is 1. The molecule has 12 nitrogen and oxygen atoms in total. The minimum absolute atomic E-state index is 0.0971. The number of benzene rings is 3. The Hall–Kier alpha value is -5.49. The maximum Gasteiger partial charge on any atom is 0.268 e. The quantitative estimate of drug-likeness (QED) is 0.100. The summed E-state index contributed by atoms with van der Waals surface area (Å²) >= 11 is 0. The maximum absolute atomic E-state index is 13.9. The molecule has 1 aromatic heterocycles. The van der Waals surface area contributed by atoms with Gasteiger partial charge in [-0.3, -0.25) is 24.0 Å². The highest BCUT2D eigenvalue weighted by Crippen LogP contribution is 2.15. The average Bonchev–Trinajstić information content (AvgIpc) is 3.53. The van der Waals surface area contributed by atoms with Crippen molar-refractivity contribution in [1.29, 1.82) is 0 Å². The zero-order valence-electron chi connectivity index (χ0n) is 27.9. The normalized spacial score (nSPS) is 13.4. The summed E-state index contributed by atoms with van der Waals surface area (Å²) < 4.78 is 0. The van der Waals surface area contributed by atoms with Crippen molar-refractivity contribution >= 4 is 40.4 Å². The van der Waals surface area contributed by atoms with E-state index in [4.69, 9.17) is 0 Å². The van der Waals surface area contributed by atoms with Crippen LogP contribution in [0.2, 0.25) is 0 Å². The summed E-state index contributed by atoms with van der Waals surface area (Å²) in [7, 11) is 1.68. The van der Waals surface area contributed by atoms with Gasteiger partial charge in [0.05, 0.1) is 6.10 Å². The third kappa shape index (κ3) is 10.8. The largest absolute Gasteiger partial charge is 0.391 e. The molecular formula is C37H44N6O6. The number of nitrogens with zero attached hydrogens (tertiary/aromatic N) is 1. The fraction of sp³-hybridized carbons (Fsp3) is 0.324. The van der Waals surface area contributed by atoms with E-state index >= 15 is 0 Å². The van der Waals surface area contributed by atoms with Crippen LogP contribution in [0.1, 0.15) is 48.3 Å². The molecule has 0 bridgehead atoms.